The number of carbonyl (C=O) groups excluding carboxylic acids is 4. The number of nitrogens with one attached hydrogen (secondary N) is 1. The Bertz CT molecular complexity index is 2590. The van der Waals surface area contributed by atoms with Crippen LogP contribution in [0.25, 0.3) is 22.5 Å². The number of anilines is 2. The van der Waals surface area contributed by atoms with Crippen LogP contribution in [0.15, 0.2) is 109 Å². The highest BCUT2D eigenvalue weighted by atomic mass is 35.5. The van der Waals surface area contributed by atoms with Crippen molar-refractivity contribution in [1.29, 1.82) is 0 Å². The van der Waals surface area contributed by atoms with Gasteiger partial charge in [0.2, 0.25) is 0 Å². The first kappa shape index (κ1) is 49.0. The summed E-state index contributed by atoms with van der Waals surface area (Å²) in [6.07, 6.45) is -7.24. The molecule has 332 valence electrons. The normalized spacial score (nSPS) is 10.9. The lowest BCUT2D eigenvalue weighted by Crippen LogP contribution is -2.20. The van der Waals surface area contributed by atoms with Gasteiger partial charge in [-0.05, 0) is 97.1 Å². The predicted octanol–water partition coefficient (Wildman–Crippen LogP) is 11.9. The molecule has 0 radical (unpaired) electrons. The number of aromatic nitrogens is 2. The van der Waals surface area contributed by atoms with Crippen molar-refractivity contribution in [3.63, 3.8) is 0 Å². The molecular formula is C42H33Cl3F6N4O8. The van der Waals surface area contributed by atoms with Gasteiger partial charge in [0.1, 0.15) is 11.5 Å². The van der Waals surface area contributed by atoms with Crippen molar-refractivity contribution in [2.75, 3.05) is 25.3 Å². The van der Waals surface area contributed by atoms with E-state index >= 15 is 0 Å². The Kier molecular flexibility index (Phi) is 16.3. The minimum atomic E-state index is -4.76. The SMILES string of the molecule is COC(=O)c1cc(-c2cccn2C)c(C(F)(F)F)cc1N.COC(=O)c1cc(-c2cccn2C)c(C(F)(F)F)cc1NC(=O)Oc1ccc(Cl)cc1.O=C(Cl)Oc1ccc(Cl)cc1. The minimum absolute atomic E-state index is 0.0956. The molecule has 3 N–H and O–H groups in total. The van der Waals surface area contributed by atoms with Gasteiger partial charge in [-0.1, -0.05) is 23.2 Å². The van der Waals surface area contributed by atoms with E-state index in [-0.39, 0.29) is 39.4 Å². The first-order valence-corrected chi connectivity index (χ1v) is 18.7. The highest BCUT2D eigenvalue weighted by molar-refractivity contribution is 6.61. The summed E-state index contributed by atoms with van der Waals surface area (Å²) in [4.78, 5) is 46.3. The predicted molar refractivity (Wildman–Crippen MR) is 223 cm³/mol. The molecule has 0 spiro atoms. The molecule has 0 aliphatic heterocycles. The molecule has 0 atom stereocenters. The number of alkyl halides is 6. The Morgan fingerprint density at radius 2 is 1.03 bits per heavy atom. The maximum Gasteiger partial charge on any atom is 0.417 e. The van der Waals surface area contributed by atoms with E-state index in [0.29, 0.717) is 27.6 Å². The molecule has 0 aliphatic rings. The fraction of sp³-hybridized carbons (Fsp3) is 0.143. The van der Waals surface area contributed by atoms with E-state index in [1.54, 1.807) is 62.9 Å². The van der Waals surface area contributed by atoms with Crippen molar-refractivity contribution in [2.45, 2.75) is 12.4 Å². The molecule has 6 rings (SSSR count). The molecule has 0 bridgehead atoms. The summed E-state index contributed by atoms with van der Waals surface area (Å²) in [6, 6.07) is 21.9. The molecular weight excluding hydrogens is 909 g/mol. The molecule has 0 saturated heterocycles. The molecule has 0 unspecified atom stereocenters. The lowest BCUT2D eigenvalue weighted by Gasteiger charge is -2.18. The number of ether oxygens (including phenoxy) is 4. The monoisotopic (exact) mass is 940 g/mol. The van der Waals surface area contributed by atoms with Crippen LogP contribution in [0.3, 0.4) is 0 Å². The number of halogens is 9. The van der Waals surface area contributed by atoms with Gasteiger partial charge < -0.3 is 33.8 Å². The molecule has 1 amide bonds. The highest BCUT2D eigenvalue weighted by Crippen LogP contribution is 2.41. The summed E-state index contributed by atoms with van der Waals surface area (Å²) in [6.45, 7) is 0. The molecule has 6 aromatic rings. The maximum absolute atomic E-state index is 13.8. The lowest BCUT2D eigenvalue weighted by molar-refractivity contribution is -0.137. The van der Waals surface area contributed by atoms with Gasteiger partial charge in [-0.15, -0.1) is 0 Å². The third kappa shape index (κ3) is 13.2. The molecule has 63 heavy (non-hydrogen) atoms. The number of rotatable bonds is 7. The Balaban J connectivity index is 0.000000233. The van der Waals surface area contributed by atoms with Gasteiger partial charge >= 0.3 is 35.8 Å². The number of benzene rings is 4. The number of nitrogens with two attached hydrogens (primary N) is 1. The van der Waals surface area contributed by atoms with Gasteiger partial charge in [0.25, 0.3) is 0 Å². The van der Waals surface area contributed by atoms with Crippen LogP contribution >= 0.6 is 34.8 Å². The van der Waals surface area contributed by atoms with Gasteiger partial charge in [-0.25, -0.2) is 19.2 Å². The maximum atomic E-state index is 13.8. The summed E-state index contributed by atoms with van der Waals surface area (Å²) in [5, 5.41) is 3.18. The second kappa shape index (κ2) is 21.0. The third-order valence-corrected chi connectivity index (χ3v) is 9.06. The molecule has 2 heterocycles. The van der Waals surface area contributed by atoms with Crippen LogP contribution in [0, 0.1) is 0 Å². The van der Waals surface area contributed by atoms with Gasteiger partial charge in [0.05, 0.1) is 42.2 Å². The standard InChI is InChI=1S/C21H16ClF3N2O4.C14H13F3N2O2.C7H4Cl2O2/c1-27-9-3-4-18(27)14-10-15(19(28)30-2)17(11-16(14)21(23,24)25)26-20(29)31-13-7-5-12(22)6-8-13;1-19-5-3-4-12(19)8-6-9(13(20)21-2)11(18)7-10(8)14(15,16)17;8-5-1-3-6(4-2-5)11-7(9)10/h3-11H,1-2H3,(H,26,29);3-7H,18H2,1-2H3;1-4H. The van der Waals surface area contributed by atoms with Gasteiger partial charge in [-0.2, -0.15) is 26.3 Å². The Morgan fingerprint density at radius 3 is 1.43 bits per heavy atom. The first-order valence-electron chi connectivity index (χ1n) is 17.6. The fourth-order valence-corrected chi connectivity index (χ4v) is 5.94. The van der Waals surface area contributed by atoms with Gasteiger partial charge in [0.15, 0.2) is 0 Å². The number of hydrogen-bond donors (Lipinski definition) is 2. The second-order valence-electron chi connectivity index (χ2n) is 12.7. The second-order valence-corrected chi connectivity index (χ2v) is 13.9. The summed E-state index contributed by atoms with van der Waals surface area (Å²) < 4.78 is 103. The topological polar surface area (TPSA) is 153 Å². The Labute approximate surface area is 369 Å². The van der Waals surface area contributed by atoms with E-state index in [0.717, 1.165) is 32.4 Å². The molecule has 2 aromatic heterocycles. The average molecular weight is 942 g/mol. The number of aryl methyl sites for hydroxylation is 2. The van der Waals surface area contributed by atoms with Gasteiger partial charge in [0, 0.05) is 76.3 Å². The van der Waals surface area contributed by atoms with Crippen molar-refractivity contribution >= 4 is 69.6 Å². The van der Waals surface area contributed by atoms with E-state index in [1.807, 2.05) is 0 Å². The zero-order valence-corrected chi connectivity index (χ0v) is 35.3. The summed E-state index contributed by atoms with van der Waals surface area (Å²) in [5.41, 5.74) is 1.92. The molecule has 0 fully saturated rings. The minimum Gasteiger partial charge on any atom is -0.465 e. The van der Waals surface area contributed by atoms with Crippen LogP contribution < -0.4 is 20.5 Å². The zero-order chi connectivity index (χ0) is 46.8. The lowest BCUT2D eigenvalue weighted by atomic mass is 9.98. The molecule has 12 nitrogen and oxygen atoms in total. The van der Waals surface area contributed by atoms with Crippen LogP contribution in [0.4, 0.5) is 47.3 Å². The zero-order valence-electron chi connectivity index (χ0n) is 33.0. The number of methoxy groups -OCH3 is 2. The van der Waals surface area contributed by atoms with Crippen LogP contribution in [-0.4, -0.2) is 46.8 Å². The smallest absolute Gasteiger partial charge is 0.417 e. The number of esters is 2. The number of carbonyl (C=O) groups is 4. The van der Waals surface area contributed by atoms with E-state index in [4.69, 9.17) is 45.3 Å². The van der Waals surface area contributed by atoms with Crippen LogP contribution in [0.5, 0.6) is 11.5 Å². The Morgan fingerprint density at radius 1 is 0.619 bits per heavy atom. The summed E-state index contributed by atoms with van der Waals surface area (Å²) in [5.74, 6) is -1.21. The van der Waals surface area contributed by atoms with Crippen molar-refractivity contribution < 1.29 is 64.5 Å². The van der Waals surface area contributed by atoms with Crippen LogP contribution in [-0.2, 0) is 35.9 Å². The van der Waals surface area contributed by atoms with E-state index in [9.17, 15) is 45.5 Å². The highest BCUT2D eigenvalue weighted by Gasteiger charge is 2.37. The van der Waals surface area contributed by atoms with E-state index in [1.165, 1.54) is 45.5 Å². The molecule has 4 aromatic carbocycles. The molecule has 0 aliphatic carbocycles. The molecule has 21 heteroatoms. The number of nitrogens with zero attached hydrogens (tertiary/aromatic N) is 2. The number of nitrogen functional groups attached to an aromatic ring is 1. The van der Waals surface area contributed by atoms with Gasteiger partial charge in [-0.3, -0.25) is 5.32 Å². The summed E-state index contributed by atoms with van der Waals surface area (Å²) in [7, 11) is 5.41. The van der Waals surface area contributed by atoms with E-state index in [2.05, 4.69) is 19.5 Å². The Hall–Kier alpha value is -6.63. The molecule has 0 saturated carbocycles. The fourth-order valence-electron chi connectivity index (χ4n) is 5.60. The van der Waals surface area contributed by atoms with E-state index < -0.39 is 52.6 Å². The number of hydrogen-bond acceptors (Lipinski definition) is 9. The van der Waals surface area contributed by atoms with Crippen molar-refractivity contribution in [2.24, 2.45) is 14.1 Å². The van der Waals surface area contributed by atoms with Crippen LogP contribution in [0.2, 0.25) is 10.0 Å². The average Bonchev–Trinajstić information content (AvgIpc) is 3.85. The quantitative estimate of drug-likeness (QED) is 0.0689. The van der Waals surface area contributed by atoms with Crippen molar-refractivity contribution in [3.8, 4) is 34.0 Å². The van der Waals surface area contributed by atoms with Crippen molar-refractivity contribution in [1.82, 2.24) is 9.13 Å². The number of amides is 1. The van der Waals surface area contributed by atoms with Crippen molar-refractivity contribution in [3.05, 3.63) is 142 Å². The summed E-state index contributed by atoms with van der Waals surface area (Å²) >= 11 is 16.3. The first-order chi connectivity index (χ1) is 29.5. The van der Waals surface area contributed by atoms with Crippen LogP contribution in [0.1, 0.15) is 31.8 Å². The third-order valence-electron chi connectivity index (χ3n) is 8.48. The largest absolute Gasteiger partial charge is 0.465 e.